The second-order valence-corrected chi connectivity index (χ2v) is 12.3. The summed E-state index contributed by atoms with van der Waals surface area (Å²) < 4.78 is 59.9. The second kappa shape index (κ2) is 17.0. The first-order valence-electron chi connectivity index (χ1n) is 15.3. The van der Waals surface area contributed by atoms with Gasteiger partial charge in [0.05, 0.1) is 16.5 Å². The molecule has 3 heterocycles. The molecule has 0 radical (unpaired) electrons. The molecule has 6 nitrogen and oxygen atoms in total. The first-order valence-corrected chi connectivity index (χ1v) is 16.5. The zero-order valence-electron chi connectivity index (χ0n) is 24.9. The molecule has 1 fully saturated rings. The van der Waals surface area contributed by atoms with Gasteiger partial charge >= 0.3 is 0 Å². The third kappa shape index (κ3) is 8.73. The van der Waals surface area contributed by atoms with E-state index < -0.39 is 36.9 Å². The fourth-order valence-corrected chi connectivity index (χ4v) is 6.28. The van der Waals surface area contributed by atoms with Crippen molar-refractivity contribution in [3.8, 4) is 0 Å². The van der Waals surface area contributed by atoms with Gasteiger partial charge in [0.1, 0.15) is 36.3 Å². The quantitative estimate of drug-likeness (QED) is 0.164. The zero-order valence-corrected chi connectivity index (χ0v) is 26.4. The summed E-state index contributed by atoms with van der Waals surface area (Å²) in [6.45, 7) is 8.14. The number of halogens is 3. The van der Waals surface area contributed by atoms with Crippen molar-refractivity contribution in [2.75, 3.05) is 26.4 Å². The molecule has 0 aliphatic carbocycles. The van der Waals surface area contributed by atoms with Crippen molar-refractivity contribution in [2.45, 2.75) is 109 Å². The Morgan fingerprint density at radius 1 is 0.976 bits per heavy atom. The molecule has 2 aliphatic rings. The van der Waals surface area contributed by atoms with Gasteiger partial charge in [0.2, 0.25) is 0 Å². The molecular weight excluding hydrogens is 584 g/mol. The van der Waals surface area contributed by atoms with E-state index in [1.165, 1.54) is 0 Å². The predicted octanol–water partition coefficient (Wildman–Crippen LogP) is 8.41. The van der Waals surface area contributed by atoms with Crippen molar-refractivity contribution in [2.24, 2.45) is 0 Å². The summed E-state index contributed by atoms with van der Waals surface area (Å²) in [6.07, 6.45) is 3.21. The average molecular weight is 628 g/mol. The van der Waals surface area contributed by atoms with Crippen LogP contribution in [0.4, 0.5) is 8.78 Å². The van der Waals surface area contributed by atoms with Crippen LogP contribution in [0.1, 0.15) is 92.8 Å². The lowest BCUT2D eigenvalue weighted by atomic mass is 9.89. The van der Waals surface area contributed by atoms with Gasteiger partial charge in [-0.25, -0.2) is 13.8 Å². The summed E-state index contributed by atoms with van der Waals surface area (Å²) >= 11 is 8.21. The smallest absolute Gasteiger partial charge is 0.267 e. The lowest BCUT2D eigenvalue weighted by molar-refractivity contribution is -0.280. The molecule has 42 heavy (non-hydrogen) atoms. The van der Waals surface area contributed by atoms with Gasteiger partial charge in [0.25, 0.3) is 6.43 Å². The Balaban J connectivity index is 1.64. The maximum absolute atomic E-state index is 14.6. The molecule has 2 aromatic rings. The Morgan fingerprint density at radius 3 is 2.26 bits per heavy atom. The summed E-state index contributed by atoms with van der Waals surface area (Å²) in [6, 6.07) is 5.56. The number of rotatable bonds is 17. The van der Waals surface area contributed by atoms with Crippen LogP contribution >= 0.6 is 22.9 Å². The fourth-order valence-electron chi connectivity index (χ4n) is 5.16. The van der Waals surface area contributed by atoms with E-state index in [9.17, 15) is 8.78 Å². The third-order valence-corrected chi connectivity index (χ3v) is 8.87. The van der Waals surface area contributed by atoms with Gasteiger partial charge in [-0.15, -0.1) is 11.3 Å². The minimum Gasteiger partial charge on any atom is -0.492 e. The number of nitrogens with zero attached hydrogens (tertiary/aromatic N) is 1. The molecule has 1 aromatic carbocycles. The highest BCUT2D eigenvalue weighted by Gasteiger charge is 2.51. The predicted molar refractivity (Wildman–Crippen MR) is 162 cm³/mol. The Labute approximate surface area is 257 Å². The zero-order chi connectivity index (χ0) is 29.9. The van der Waals surface area contributed by atoms with E-state index in [2.05, 4.69) is 24.9 Å². The van der Waals surface area contributed by atoms with E-state index >= 15 is 0 Å². The number of hydrogen-bond acceptors (Lipinski definition) is 7. The molecule has 10 heteroatoms. The minimum atomic E-state index is -2.75. The molecule has 5 atom stereocenters. The lowest BCUT2D eigenvalue weighted by Gasteiger charge is -2.46. The molecule has 0 unspecified atom stereocenters. The van der Waals surface area contributed by atoms with Gasteiger partial charge in [-0.3, -0.25) is 0 Å². The van der Waals surface area contributed by atoms with Gasteiger partial charge in [0, 0.05) is 43.9 Å². The van der Waals surface area contributed by atoms with Crippen LogP contribution in [-0.2, 0) is 30.1 Å². The number of aromatic nitrogens is 1. The van der Waals surface area contributed by atoms with Crippen LogP contribution in [0.2, 0.25) is 5.02 Å². The Hall–Kier alpha value is -1.62. The molecule has 1 aromatic heterocycles. The largest absolute Gasteiger partial charge is 0.492 e. The van der Waals surface area contributed by atoms with Crippen molar-refractivity contribution < 1.29 is 32.5 Å². The summed E-state index contributed by atoms with van der Waals surface area (Å²) in [5, 5.41) is 1.46. The SMILES string of the molecule is CCCCO[C@@H]1[C@@H](OCCCC)[C@H](c2ccc(Cl)c(Cc3ncc(C4=CCCO4)s3)c2)O[C@H](C(F)F)[C@H]1OCCCC. The molecule has 0 saturated carbocycles. The van der Waals surface area contributed by atoms with E-state index in [0.717, 1.165) is 71.7 Å². The molecule has 0 N–H and O–H groups in total. The number of thiazole rings is 1. The normalized spacial score (nSPS) is 24.3. The lowest BCUT2D eigenvalue weighted by Crippen LogP contribution is -2.59. The fraction of sp³-hybridized carbons (Fsp3) is 0.656. The van der Waals surface area contributed by atoms with Crippen LogP contribution in [0.5, 0.6) is 0 Å². The van der Waals surface area contributed by atoms with E-state index in [1.807, 2.05) is 25.3 Å². The maximum atomic E-state index is 14.6. The highest BCUT2D eigenvalue weighted by atomic mass is 35.5. The Kier molecular flexibility index (Phi) is 13.5. The summed E-state index contributed by atoms with van der Waals surface area (Å²) in [5.41, 5.74) is 1.56. The van der Waals surface area contributed by atoms with Gasteiger partial charge in [-0.1, -0.05) is 63.8 Å². The second-order valence-electron chi connectivity index (χ2n) is 10.8. The Bertz CT molecular complexity index is 1130. The molecule has 234 valence electrons. The van der Waals surface area contributed by atoms with E-state index in [1.54, 1.807) is 17.4 Å². The standard InChI is InChI=1S/C32H44ClF2NO5S/c1-4-7-14-38-28-27(41-31(32(34)35)30(40-16-9-6-3)29(28)39-15-8-5-2)21-12-13-23(33)22(18-21)19-26-36-20-25(42-26)24-11-10-17-37-24/h11-13,18,20,27-32H,4-10,14-17,19H2,1-3H3/t27-,28-,29+,30-,31-/m0/s1. The summed E-state index contributed by atoms with van der Waals surface area (Å²) in [7, 11) is 0. The molecule has 4 rings (SSSR count). The number of alkyl halides is 2. The van der Waals surface area contributed by atoms with E-state index in [-0.39, 0.29) is 0 Å². The van der Waals surface area contributed by atoms with E-state index in [0.29, 0.717) is 37.9 Å². The first kappa shape index (κ1) is 33.3. The number of unbranched alkanes of at least 4 members (excludes halogenated alkanes) is 3. The molecule has 1 saturated heterocycles. The number of benzene rings is 1. The molecular formula is C32H44ClF2NO5S. The topological polar surface area (TPSA) is 59.0 Å². The minimum absolute atomic E-state index is 0.358. The van der Waals surface area contributed by atoms with Crippen LogP contribution in [0.15, 0.2) is 30.5 Å². The van der Waals surface area contributed by atoms with Crippen molar-refractivity contribution in [3.05, 3.63) is 56.5 Å². The van der Waals surface area contributed by atoms with Gasteiger partial charge < -0.3 is 23.7 Å². The molecule has 0 bridgehead atoms. The first-order chi connectivity index (χ1) is 20.5. The van der Waals surface area contributed by atoms with Crippen molar-refractivity contribution >= 4 is 28.7 Å². The highest BCUT2D eigenvalue weighted by molar-refractivity contribution is 7.12. The van der Waals surface area contributed by atoms with Crippen LogP contribution < -0.4 is 0 Å². The van der Waals surface area contributed by atoms with Gasteiger partial charge in [-0.2, -0.15) is 0 Å². The van der Waals surface area contributed by atoms with Crippen LogP contribution in [0.25, 0.3) is 5.76 Å². The number of ether oxygens (including phenoxy) is 5. The van der Waals surface area contributed by atoms with Crippen molar-refractivity contribution in [1.82, 2.24) is 4.98 Å². The number of hydrogen-bond donors (Lipinski definition) is 0. The summed E-state index contributed by atoms with van der Waals surface area (Å²) in [4.78, 5) is 5.57. The van der Waals surface area contributed by atoms with E-state index in [4.69, 9.17) is 35.3 Å². The highest BCUT2D eigenvalue weighted by Crippen LogP contribution is 2.40. The van der Waals surface area contributed by atoms with Gasteiger partial charge in [0.15, 0.2) is 0 Å². The van der Waals surface area contributed by atoms with Crippen molar-refractivity contribution in [1.29, 1.82) is 0 Å². The van der Waals surface area contributed by atoms with Crippen LogP contribution in [-0.4, -0.2) is 62.3 Å². The molecule has 0 amide bonds. The molecule has 2 aliphatic heterocycles. The molecule has 0 spiro atoms. The van der Waals surface area contributed by atoms with Crippen molar-refractivity contribution in [3.63, 3.8) is 0 Å². The van der Waals surface area contributed by atoms with Crippen LogP contribution in [0, 0.1) is 0 Å². The van der Waals surface area contributed by atoms with Crippen LogP contribution in [0.3, 0.4) is 0 Å². The summed E-state index contributed by atoms with van der Waals surface area (Å²) in [5.74, 6) is 0.865. The average Bonchev–Trinajstić information content (AvgIpc) is 3.68. The Morgan fingerprint density at radius 2 is 1.64 bits per heavy atom. The third-order valence-electron chi connectivity index (χ3n) is 7.49. The monoisotopic (exact) mass is 627 g/mol. The maximum Gasteiger partial charge on any atom is 0.267 e. The van der Waals surface area contributed by atoms with Gasteiger partial charge in [-0.05, 0) is 42.5 Å².